The van der Waals surface area contributed by atoms with E-state index < -0.39 is 17.6 Å². The first kappa shape index (κ1) is 18.0. The normalized spacial score (nSPS) is 13.0. The number of benzene rings is 1. The molecule has 6 heteroatoms. The predicted octanol–water partition coefficient (Wildman–Crippen LogP) is 1.28. The minimum Gasteiger partial charge on any atom is -0.508 e. The summed E-state index contributed by atoms with van der Waals surface area (Å²) < 4.78 is 0. The lowest BCUT2D eigenvalue weighted by Crippen LogP contribution is -2.58. The first-order valence-electron chi connectivity index (χ1n) is 7.21. The number of rotatable bonds is 7. The number of carbonyl (C=O) groups is 2. The number of aliphatic carboxylic acids is 1. The van der Waals surface area contributed by atoms with Gasteiger partial charge in [0.25, 0.3) is 0 Å². The summed E-state index contributed by atoms with van der Waals surface area (Å²) in [6.45, 7) is 7.25. The number of phenolic OH excluding ortho intramolecular Hbond substituents is 1. The van der Waals surface area contributed by atoms with Crippen molar-refractivity contribution in [1.82, 2.24) is 10.6 Å². The summed E-state index contributed by atoms with van der Waals surface area (Å²) in [6, 6.07) is 5.32. The van der Waals surface area contributed by atoms with Crippen LogP contribution in [-0.2, 0) is 16.0 Å². The van der Waals surface area contributed by atoms with Gasteiger partial charge >= 0.3 is 5.97 Å². The van der Waals surface area contributed by atoms with Crippen LogP contribution in [-0.4, -0.2) is 39.7 Å². The highest BCUT2D eigenvalue weighted by Crippen LogP contribution is 2.12. The largest absolute Gasteiger partial charge is 0.508 e. The number of nitrogens with one attached hydrogen (secondary N) is 2. The minimum atomic E-state index is -1.10. The molecule has 4 N–H and O–H groups in total. The van der Waals surface area contributed by atoms with Gasteiger partial charge in [0.05, 0.1) is 5.54 Å². The second-order valence-electron chi connectivity index (χ2n) is 6.16. The quantitative estimate of drug-likeness (QED) is 0.608. The molecule has 1 atom stereocenters. The minimum absolute atomic E-state index is 0.0983. The molecule has 0 aliphatic carbocycles. The van der Waals surface area contributed by atoms with Crippen LogP contribution in [0.25, 0.3) is 0 Å². The molecule has 1 aromatic rings. The Morgan fingerprint density at radius 3 is 2.18 bits per heavy atom. The molecule has 0 aliphatic rings. The van der Waals surface area contributed by atoms with Crippen molar-refractivity contribution in [2.24, 2.45) is 0 Å². The summed E-state index contributed by atoms with van der Waals surface area (Å²) in [4.78, 5) is 23.7. The maximum Gasteiger partial charge on any atom is 0.326 e. The lowest BCUT2D eigenvalue weighted by atomic mass is 10.0. The number of carboxylic acid groups (broad SMARTS) is 1. The molecule has 6 nitrogen and oxygen atoms in total. The molecule has 1 aromatic carbocycles. The summed E-state index contributed by atoms with van der Waals surface area (Å²) in [6.07, 6.45) is 0.152. The maximum absolute atomic E-state index is 12.3. The molecule has 0 spiro atoms. The smallest absolute Gasteiger partial charge is 0.326 e. The van der Waals surface area contributed by atoms with E-state index in [1.165, 1.54) is 12.1 Å². The van der Waals surface area contributed by atoms with Crippen LogP contribution in [0.3, 0.4) is 0 Å². The van der Waals surface area contributed by atoms with Gasteiger partial charge in [-0.25, -0.2) is 4.79 Å². The van der Waals surface area contributed by atoms with Gasteiger partial charge in [0.2, 0.25) is 5.91 Å². The molecule has 0 bridgehead atoms. The maximum atomic E-state index is 12.3. The van der Waals surface area contributed by atoms with Gasteiger partial charge in [-0.15, -0.1) is 0 Å². The Bertz CT molecular complexity index is 523. The molecule has 0 heterocycles. The van der Waals surface area contributed by atoms with E-state index in [0.29, 0.717) is 0 Å². The van der Waals surface area contributed by atoms with Crippen molar-refractivity contribution < 1.29 is 19.8 Å². The fraction of sp³-hybridized carbons (Fsp3) is 0.500. The second kappa shape index (κ2) is 7.26. The van der Waals surface area contributed by atoms with Crippen molar-refractivity contribution in [1.29, 1.82) is 0 Å². The van der Waals surface area contributed by atoms with Crippen molar-refractivity contribution in [3.63, 3.8) is 0 Å². The van der Waals surface area contributed by atoms with Gasteiger partial charge < -0.3 is 20.8 Å². The van der Waals surface area contributed by atoms with Gasteiger partial charge in [-0.05, 0) is 45.4 Å². The topological polar surface area (TPSA) is 98.7 Å². The number of hydrogen-bond acceptors (Lipinski definition) is 4. The Kier molecular flexibility index (Phi) is 5.93. The first-order valence-corrected chi connectivity index (χ1v) is 7.21. The fourth-order valence-corrected chi connectivity index (χ4v) is 2.19. The zero-order chi connectivity index (χ0) is 16.9. The molecule has 0 unspecified atom stereocenters. The molecule has 0 saturated carbocycles. The molecule has 122 valence electrons. The van der Waals surface area contributed by atoms with Gasteiger partial charge in [-0.1, -0.05) is 12.1 Å². The number of hydrogen-bond donors (Lipinski definition) is 4. The first-order chi connectivity index (χ1) is 10.1. The van der Waals surface area contributed by atoms with E-state index in [-0.39, 0.29) is 24.1 Å². The van der Waals surface area contributed by atoms with Gasteiger partial charge in [0, 0.05) is 12.5 Å². The van der Waals surface area contributed by atoms with Crippen LogP contribution < -0.4 is 10.6 Å². The highest BCUT2D eigenvalue weighted by molar-refractivity contribution is 5.89. The molecule has 22 heavy (non-hydrogen) atoms. The zero-order valence-corrected chi connectivity index (χ0v) is 13.4. The number of carboxylic acids is 1. The van der Waals surface area contributed by atoms with Gasteiger partial charge in [0.1, 0.15) is 11.8 Å². The Balaban J connectivity index is 2.78. The van der Waals surface area contributed by atoms with Crippen molar-refractivity contribution in [2.75, 3.05) is 0 Å². The molecule has 0 radical (unpaired) electrons. The summed E-state index contributed by atoms with van der Waals surface area (Å²) in [5.41, 5.74) is -0.142. The predicted molar refractivity (Wildman–Crippen MR) is 83.7 cm³/mol. The summed E-state index contributed by atoms with van der Waals surface area (Å²) >= 11 is 0. The number of phenols is 1. The van der Waals surface area contributed by atoms with E-state index in [0.717, 1.165) is 5.56 Å². The Morgan fingerprint density at radius 2 is 1.73 bits per heavy atom. The number of carbonyl (C=O) groups excluding carboxylic acids is 1. The third-order valence-electron chi connectivity index (χ3n) is 3.20. The molecule has 0 aromatic heterocycles. The lowest BCUT2D eigenvalue weighted by molar-refractivity contribution is -0.142. The average molecular weight is 308 g/mol. The van der Waals surface area contributed by atoms with Crippen molar-refractivity contribution in [3.05, 3.63) is 29.8 Å². The van der Waals surface area contributed by atoms with Crippen LogP contribution in [0.15, 0.2) is 24.3 Å². The van der Waals surface area contributed by atoms with Crippen LogP contribution in [0.5, 0.6) is 5.75 Å². The Hall–Kier alpha value is -2.08. The molecule has 0 aliphatic heterocycles. The lowest BCUT2D eigenvalue weighted by Gasteiger charge is -2.29. The molecule has 0 saturated heterocycles. The van der Waals surface area contributed by atoms with Crippen molar-refractivity contribution in [2.45, 2.75) is 51.7 Å². The van der Waals surface area contributed by atoms with E-state index in [2.05, 4.69) is 10.6 Å². The molecule has 0 fully saturated rings. The second-order valence-corrected chi connectivity index (χ2v) is 6.16. The zero-order valence-electron chi connectivity index (χ0n) is 13.4. The van der Waals surface area contributed by atoms with E-state index in [1.807, 2.05) is 13.8 Å². The van der Waals surface area contributed by atoms with E-state index in [9.17, 15) is 19.8 Å². The average Bonchev–Trinajstić information content (AvgIpc) is 2.38. The van der Waals surface area contributed by atoms with E-state index in [4.69, 9.17) is 0 Å². The standard InChI is InChI=1S/C16H24N2O4/c1-10(2)18-16(3,4)15(22)17-13(14(20)21)9-11-5-7-12(19)8-6-11/h5-8,10,13,18-19H,9H2,1-4H3,(H,17,22)(H,20,21)/t13-/m0/s1. The van der Waals surface area contributed by atoms with Crippen molar-refractivity contribution in [3.8, 4) is 5.75 Å². The van der Waals surface area contributed by atoms with Crippen LogP contribution in [0.4, 0.5) is 0 Å². The summed E-state index contributed by atoms with van der Waals surface area (Å²) in [5.74, 6) is -1.35. The van der Waals surface area contributed by atoms with Gasteiger partial charge in [-0.2, -0.15) is 0 Å². The SMILES string of the molecule is CC(C)NC(C)(C)C(=O)N[C@@H](Cc1ccc(O)cc1)C(=O)O. The van der Waals surface area contributed by atoms with Gasteiger partial charge in [0.15, 0.2) is 0 Å². The van der Waals surface area contributed by atoms with Crippen LogP contribution >= 0.6 is 0 Å². The Morgan fingerprint density at radius 1 is 1.18 bits per heavy atom. The fourth-order valence-electron chi connectivity index (χ4n) is 2.19. The van der Waals surface area contributed by atoms with E-state index in [1.54, 1.807) is 26.0 Å². The molecular weight excluding hydrogens is 284 g/mol. The molecule has 1 rings (SSSR count). The van der Waals surface area contributed by atoms with Crippen LogP contribution in [0.2, 0.25) is 0 Å². The third kappa shape index (κ3) is 5.37. The highest BCUT2D eigenvalue weighted by atomic mass is 16.4. The van der Waals surface area contributed by atoms with Crippen LogP contribution in [0.1, 0.15) is 33.3 Å². The van der Waals surface area contributed by atoms with Crippen molar-refractivity contribution >= 4 is 11.9 Å². The third-order valence-corrected chi connectivity index (χ3v) is 3.20. The van der Waals surface area contributed by atoms with Gasteiger partial charge in [-0.3, -0.25) is 4.79 Å². The van der Waals surface area contributed by atoms with E-state index >= 15 is 0 Å². The number of aromatic hydroxyl groups is 1. The molecular formula is C16H24N2O4. The Labute approximate surface area is 130 Å². The summed E-state index contributed by atoms with van der Waals surface area (Å²) in [5, 5.41) is 24.2. The molecule has 1 amide bonds. The van der Waals surface area contributed by atoms with Crippen LogP contribution in [0, 0.1) is 0 Å². The highest BCUT2D eigenvalue weighted by Gasteiger charge is 2.31. The number of amides is 1. The monoisotopic (exact) mass is 308 g/mol. The summed E-state index contributed by atoms with van der Waals surface area (Å²) in [7, 11) is 0.